The van der Waals surface area contributed by atoms with Crippen molar-refractivity contribution >= 4 is 28.8 Å². The average Bonchev–Trinajstić information content (AvgIpc) is 3.08. The second-order valence-electron chi connectivity index (χ2n) is 7.10. The van der Waals surface area contributed by atoms with Gasteiger partial charge in [0.15, 0.2) is 11.5 Å². The predicted molar refractivity (Wildman–Crippen MR) is 122 cm³/mol. The van der Waals surface area contributed by atoms with Crippen LogP contribution in [0, 0.1) is 5.82 Å². The van der Waals surface area contributed by atoms with Crippen molar-refractivity contribution in [2.75, 3.05) is 31.5 Å². The number of hydrogen-bond donors (Lipinski definition) is 1. The first-order valence-corrected chi connectivity index (χ1v) is 9.99. The molecular formula is C25H21FN2O5. The molecule has 0 aromatic heterocycles. The normalized spacial score (nSPS) is 13.4. The Kier molecular flexibility index (Phi) is 5.99. The van der Waals surface area contributed by atoms with Gasteiger partial charge in [0.2, 0.25) is 0 Å². The smallest absolute Gasteiger partial charge is 0.282 e. The Morgan fingerprint density at radius 1 is 0.788 bits per heavy atom. The highest BCUT2D eigenvalue weighted by Gasteiger charge is 2.40. The minimum Gasteiger partial charge on any atom is -0.497 e. The number of nitrogens with zero attached hydrogens (tertiary/aromatic N) is 1. The summed E-state index contributed by atoms with van der Waals surface area (Å²) in [5.41, 5.74) is 1.46. The van der Waals surface area contributed by atoms with Gasteiger partial charge in [-0.3, -0.25) is 9.59 Å². The number of rotatable bonds is 7. The van der Waals surface area contributed by atoms with Crippen molar-refractivity contribution in [1.29, 1.82) is 0 Å². The van der Waals surface area contributed by atoms with Crippen LogP contribution in [0.25, 0.3) is 5.57 Å². The fourth-order valence-electron chi connectivity index (χ4n) is 3.57. The van der Waals surface area contributed by atoms with Crippen LogP contribution in [-0.4, -0.2) is 33.1 Å². The second-order valence-corrected chi connectivity index (χ2v) is 7.10. The van der Waals surface area contributed by atoms with Crippen molar-refractivity contribution in [3.63, 3.8) is 0 Å². The lowest BCUT2D eigenvalue weighted by Crippen LogP contribution is -2.32. The van der Waals surface area contributed by atoms with Crippen LogP contribution in [0.2, 0.25) is 0 Å². The molecule has 8 heteroatoms. The lowest BCUT2D eigenvalue weighted by atomic mass is 10.0. The van der Waals surface area contributed by atoms with Crippen LogP contribution in [0.3, 0.4) is 0 Å². The molecule has 0 spiro atoms. The largest absolute Gasteiger partial charge is 0.497 e. The highest BCUT2D eigenvalue weighted by Crippen LogP contribution is 2.37. The van der Waals surface area contributed by atoms with Crippen LogP contribution in [0.5, 0.6) is 17.2 Å². The summed E-state index contributed by atoms with van der Waals surface area (Å²) in [6.45, 7) is 0. The maximum Gasteiger partial charge on any atom is 0.282 e. The molecule has 3 aromatic carbocycles. The summed E-state index contributed by atoms with van der Waals surface area (Å²) in [6.07, 6.45) is 0. The van der Waals surface area contributed by atoms with Gasteiger partial charge in [0.1, 0.15) is 17.3 Å². The van der Waals surface area contributed by atoms with Crippen molar-refractivity contribution in [3.8, 4) is 17.2 Å². The molecule has 0 aliphatic carbocycles. The molecule has 1 aliphatic rings. The standard InChI is InChI=1S/C25H21FN2O5/c1-31-19-6-4-5-17(13-19)27-23-22(15-7-9-16(26)10-8-15)24(29)28(25(23)30)18-11-12-20(32-2)21(14-18)33-3/h4-14,27H,1-3H3. The first-order chi connectivity index (χ1) is 16.0. The van der Waals surface area contributed by atoms with Gasteiger partial charge in [-0.05, 0) is 42.0 Å². The Morgan fingerprint density at radius 2 is 1.52 bits per heavy atom. The second kappa shape index (κ2) is 9.04. The van der Waals surface area contributed by atoms with Crippen LogP contribution in [-0.2, 0) is 9.59 Å². The zero-order chi connectivity index (χ0) is 23.5. The number of benzene rings is 3. The van der Waals surface area contributed by atoms with E-state index in [9.17, 15) is 14.0 Å². The molecule has 1 heterocycles. The number of methoxy groups -OCH3 is 3. The summed E-state index contributed by atoms with van der Waals surface area (Å²) in [5.74, 6) is -0.152. The maximum absolute atomic E-state index is 13.5. The predicted octanol–water partition coefficient (Wildman–Crippen LogP) is 4.25. The van der Waals surface area contributed by atoms with E-state index >= 15 is 0 Å². The highest BCUT2D eigenvalue weighted by atomic mass is 19.1. The van der Waals surface area contributed by atoms with Gasteiger partial charge in [0, 0.05) is 17.8 Å². The fourth-order valence-corrected chi connectivity index (χ4v) is 3.57. The van der Waals surface area contributed by atoms with Crippen LogP contribution < -0.4 is 24.4 Å². The molecule has 0 fully saturated rings. The topological polar surface area (TPSA) is 77.1 Å². The number of halogens is 1. The Morgan fingerprint density at radius 3 is 2.18 bits per heavy atom. The first-order valence-electron chi connectivity index (χ1n) is 9.99. The molecule has 7 nitrogen and oxygen atoms in total. The monoisotopic (exact) mass is 448 g/mol. The fraction of sp³-hybridized carbons (Fsp3) is 0.120. The Bertz CT molecular complexity index is 1250. The summed E-state index contributed by atoms with van der Waals surface area (Å²) in [4.78, 5) is 28.0. The van der Waals surface area contributed by atoms with Gasteiger partial charge in [-0.1, -0.05) is 18.2 Å². The summed E-state index contributed by atoms with van der Waals surface area (Å²) in [6, 6.07) is 17.1. The number of anilines is 2. The lowest BCUT2D eigenvalue weighted by Gasteiger charge is -2.17. The lowest BCUT2D eigenvalue weighted by molar-refractivity contribution is -0.120. The third-order valence-corrected chi connectivity index (χ3v) is 5.18. The molecule has 33 heavy (non-hydrogen) atoms. The van der Waals surface area contributed by atoms with Crippen molar-refractivity contribution in [3.05, 3.63) is 83.8 Å². The quantitative estimate of drug-likeness (QED) is 0.545. The summed E-state index contributed by atoms with van der Waals surface area (Å²) in [7, 11) is 4.49. The Balaban J connectivity index is 1.81. The number of imide groups is 1. The molecule has 4 rings (SSSR count). The van der Waals surface area contributed by atoms with Crippen molar-refractivity contribution < 1.29 is 28.2 Å². The molecule has 0 saturated carbocycles. The average molecular weight is 448 g/mol. The molecule has 168 valence electrons. The zero-order valence-corrected chi connectivity index (χ0v) is 18.2. The van der Waals surface area contributed by atoms with E-state index in [2.05, 4.69) is 5.32 Å². The van der Waals surface area contributed by atoms with Gasteiger partial charge in [0.05, 0.1) is 32.6 Å². The van der Waals surface area contributed by atoms with E-state index in [1.165, 1.54) is 45.6 Å². The van der Waals surface area contributed by atoms with Crippen LogP contribution >= 0.6 is 0 Å². The maximum atomic E-state index is 13.5. The van der Waals surface area contributed by atoms with Gasteiger partial charge in [-0.25, -0.2) is 9.29 Å². The number of ether oxygens (including phenoxy) is 3. The van der Waals surface area contributed by atoms with Gasteiger partial charge in [-0.2, -0.15) is 0 Å². The SMILES string of the molecule is COc1cccc(NC2=C(c3ccc(F)cc3)C(=O)N(c3ccc(OC)c(OC)c3)C2=O)c1. The molecule has 0 radical (unpaired) electrons. The molecule has 0 unspecified atom stereocenters. The van der Waals surface area contributed by atoms with Gasteiger partial charge >= 0.3 is 0 Å². The van der Waals surface area contributed by atoms with Crippen molar-refractivity contribution in [2.24, 2.45) is 0 Å². The van der Waals surface area contributed by atoms with E-state index in [4.69, 9.17) is 14.2 Å². The summed E-state index contributed by atoms with van der Waals surface area (Å²) < 4.78 is 29.3. The summed E-state index contributed by atoms with van der Waals surface area (Å²) in [5, 5.41) is 3.05. The zero-order valence-electron chi connectivity index (χ0n) is 18.2. The van der Waals surface area contributed by atoms with Crippen LogP contribution in [0.15, 0.2) is 72.4 Å². The Hall–Kier alpha value is -4.33. The van der Waals surface area contributed by atoms with Gasteiger partial charge in [0.25, 0.3) is 11.8 Å². The van der Waals surface area contributed by atoms with Crippen molar-refractivity contribution in [1.82, 2.24) is 0 Å². The van der Waals surface area contributed by atoms with Crippen LogP contribution in [0.4, 0.5) is 15.8 Å². The molecule has 0 bridgehead atoms. The Labute approximate surface area is 190 Å². The molecule has 1 N–H and O–H groups in total. The molecular weight excluding hydrogens is 427 g/mol. The van der Waals surface area contributed by atoms with E-state index in [1.54, 1.807) is 42.5 Å². The first kappa shape index (κ1) is 21.9. The van der Waals surface area contributed by atoms with E-state index in [-0.39, 0.29) is 11.3 Å². The van der Waals surface area contributed by atoms with E-state index in [1.807, 2.05) is 0 Å². The van der Waals surface area contributed by atoms with E-state index in [0.29, 0.717) is 34.2 Å². The third-order valence-electron chi connectivity index (χ3n) is 5.18. The summed E-state index contributed by atoms with van der Waals surface area (Å²) >= 11 is 0. The van der Waals surface area contributed by atoms with Gasteiger partial charge < -0.3 is 19.5 Å². The number of hydrogen-bond acceptors (Lipinski definition) is 6. The number of carbonyl (C=O) groups excluding carboxylic acids is 2. The molecule has 1 aliphatic heterocycles. The third kappa shape index (κ3) is 4.10. The molecule has 0 atom stereocenters. The minimum atomic E-state index is -0.561. The van der Waals surface area contributed by atoms with E-state index < -0.39 is 17.6 Å². The molecule has 2 amide bonds. The number of carbonyl (C=O) groups is 2. The number of nitrogens with one attached hydrogen (secondary N) is 1. The van der Waals surface area contributed by atoms with E-state index in [0.717, 1.165) is 4.90 Å². The number of amides is 2. The minimum absolute atomic E-state index is 0.0645. The van der Waals surface area contributed by atoms with Gasteiger partial charge in [-0.15, -0.1) is 0 Å². The van der Waals surface area contributed by atoms with Crippen molar-refractivity contribution in [2.45, 2.75) is 0 Å². The van der Waals surface area contributed by atoms with Crippen LogP contribution in [0.1, 0.15) is 5.56 Å². The molecule has 0 saturated heterocycles. The highest BCUT2D eigenvalue weighted by molar-refractivity contribution is 6.46. The molecule has 3 aromatic rings.